The van der Waals surface area contributed by atoms with Gasteiger partial charge in [0, 0.05) is 17.6 Å². The van der Waals surface area contributed by atoms with E-state index in [4.69, 9.17) is 0 Å². The number of carbonyl (C=O) groups excluding carboxylic acids is 1. The lowest BCUT2D eigenvalue weighted by atomic mass is 9.68. The Morgan fingerprint density at radius 2 is 1.28 bits per heavy atom. The molecule has 2 amide bonds. The van der Waals surface area contributed by atoms with Crippen LogP contribution in [0.1, 0.15) is 74.8 Å². The molecule has 3 nitrogen and oxygen atoms in total. The summed E-state index contributed by atoms with van der Waals surface area (Å²) in [5, 5.41) is 0. The molecule has 0 saturated carbocycles. The fourth-order valence-corrected chi connectivity index (χ4v) is 4.52. The van der Waals surface area contributed by atoms with Gasteiger partial charge in [0.1, 0.15) is 0 Å². The Kier molecular flexibility index (Phi) is 7.10. The van der Waals surface area contributed by atoms with Crippen molar-refractivity contribution in [2.24, 2.45) is 11.8 Å². The predicted octanol–water partition coefficient (Wildman–Crippen LogP) is 6.28. The number of benzene rings is 1. The number of hydrogen-bond acceptors (Lipinski definition) is 1. The smallest absolute Gasteiger partial charge is 0.312 e. The molecule has 0 fully saturated rings. The number of nitrogens with zero attached hydrogens (tertiary/aromatic N) is 2. The Hall–Kier alpha value is -1.51. The van der Waals surface area contributed by atoms with E-state index in [-0.39, 0.29) is 23.7 Å². The molecule has 1 aliphatic heterocycles. The average Bonchev–Trinajstić information content (AvgIpc) is 2.53. The normalized spacial score (nSPS) is 16.5. The summed E-state index contributed by atoms with van der Waals surface area (Å²) >= 11 is 0. The Bertz CT molecular complexity index is 567. The average molecular weight is 347 g/mol. The first kappa shape index (κ1) is 21.5. The van der Waals surface area contributed by atoms with Gasteiger partial charge in [-0.15, -0.1) is 0 Å². The number of para-hydroxylation sites is 1. The van der Waals surface area contributed by atoms with E-state index in [0.717, 1.165) is 5.69 Å². The minimum atomic E-state index is -0.271. The molecule has 0 spiro atoms. The zero-order chi connectivity index (χ0) is 19.5. The first-order valence-corrected chi connectivity index (χ1v) is 9.89. The van der Waals surface area contributed by atoms with Crippen molar-refractivity contribution in [1.29, 1.82) is 0 Å². The van der Waals surface area contributed by atoms with Gasteiger partial charge in [-0.25, -0.2) is 4.79 Å². The molecule has 0 atom stereocenters. The van der Waals surface area contributed by atoms with Gasteiger partial charge in [0.15, 0.2) is 0 Å². The summed E-state index contributed by atoms with van der Waals surface area (Å²) in [6.07, 6.45) is 0. The van der Waals surface area contributed by atoms with Gasteiger partial charge in [-0.2, -0.15) is 0 Å². The van der Waals surface area contributed by atoms with Crippen molar-refractivity contribution in [1.82, 2.24) is 4.90 Å². The van der Waals surface area contributed by atoms with Gasteiger partial charge in [0.2, 0.25) is 0 Å². The number of urea groups is 1. The quantitative estimate of drug-likeness (QED) is 0.629. The molecule has 0 N–H and O–H groups in total. The van der Waals surface area contributed by atoms with E-state index in [1.807, 2.05) is 24.8 Å². The molecule has 1 heterocycles. The van der Waals surface area contributed by atoms with Crippen molar-refractivity contribution < 1.29 is 4.79 Å². The summed E-state index contributed by atoms with van der Waals surface area (Å²) in [5.41, 5.74) is 2.09. The molecule has 1 aromatic carbocycles. The number of rotatable bonds is 4. The van der Waals surface area contributed by atoms with Crippen LogP contribution in [-0.2, 0) is 5.54 Å². The van der Waals surface area contributed by atoms with Crippen molar-refractivity contribution in [3.63, 3.8) is 0 Å². The molecule has 2 rings (SSSR count). The largest absolute Gasteiger partial charge is 0.325 e. The Morgan fingerprint density at radius 1 is 0.800 bits per heavy atom. The van der Waals surface area contributed by atoms with Gasteiger partial charge in [-0.1, -0.05) is 59.7 Å². The van der Waals surface area contributed by atoms with E-state index in [2.05, 4.69) is 78.5 Å². The highest BCUT2D eigenvalue weighted by molar-refractivity contribution is 5.97. The molecular weight excluding hydrogens is 308 g/mol. The van der Waals surface area contributed by atoms with E-state index >= 15 is 0 Å². The van der Waals surface area contributed by atoms with E-state index in [0.29, 0.717) is 11.8 Å². The van der Waals surface area contributed by atoms with Crippen molar-refractivity contribution in [2.45, 2.75) is 86.9 Å². The summed E-state index contributed by atoms with van der Waals surface area (Å²) in [6.45, 7) is 21.4. The molecule has 1 aliphatic rings. The van der Waals surface area contributed by atoms with Crippen LogP contribution in [0.3, 0.4) is 0 Å². The fraction of sp³-hybridized carbons (Fsp3) is 0.682. The molecule has 0 saturated heterocycles. The van der Waals surface area contributed by atoms with Crippen molar-refractivity contribution in [3.05, 3.63) is 29.8 Å². The van der Waals surface area contributed by atoms with E-state index in [9.17, 15) is 4.79 Å². The minimum Gasteiger partial charge on any atom is -0.312 e. The van der Waals surface area contributed by atoms with Gasteiger partial charge in [0.25, 0.3) is 0 Å². The maximum Gasteiger partial charge on any atom is 0.325 e. The summed E-state index contributed by atoms with van der Waals surface area (Å²) < 4.78 is 0. The van der Waals surface area contributed by atoms with Gasteiger partial charge >= 0.3 is 6.03 Å². The highest BCUT2D eigenvalue weighted by Gasteiger charge is 2.53. The zero-order valence-electron chi connectivity index (χ0n) is 17.9. The van der Waals surface area contributed by atoms with Crippen LogP contribution in [0, 0.1) is 11.8 Å². The first-order valence-electron chi connectivity index (χ1n) is 9.89. The predicted molar refractivity (Wildman–Crippen MR) is 109 cm³/mol. The topological polar surface area (TPSA) is 23.6 Å². The molecule has 25 heavy (non-hydrogen) atoms. The van der Waals surface area contributed by atoms with Crippen LogP contribution in [0.25, 0.3) is 0 Å². The molecule has 0 aliphatic carbocycles. The fourth-order valence-electron chi connectivity index (χ4n) is 4.52. The SMILES string of the molecule is CC.CC(C)N1C(=O)N(C(C)C)C(C(C)C)(C(C)C)c2ccccc21. The molecule has 0 bridgehead atoms. The maximum atomic E-state index is 13.4. The lowest BCUT2D eigenvalue weighted by molar-refractivity contribution is 0.00642. The van der Waals surface area contributed by atoms with Crippen LogP contribution in [-0.4, -0.2) is 23.0 Å². The van der Waals surface area contributed by atoms with Crippen LogP contribution >= 0.6 is 0 Å². The summed E-state index contributed by atoms with van der Waals surface area (Å²) in [6, 6.07) is 8.89. The van der Waals surface area contributed by atoms with Crippen molar-refractivity contribution >= 4 is 11.7 Å². The summed E-state index contributed by atoms with van der Waals surface area (Å²) in [4.78, 5) is 17.5. The van der Waals surface area contributed by atoms with E-state index < -0.39 is 0 Å². The van der Waals surface area contributed by atoms with Gasteiger partial charge in [-0.3, -0.25) is 4.90 Å². The molecule has 0 aromatic heterocycles. The van der Waals surface area contributed by atoms with Gasteiger partial charge < -0.3 is 4.90 Å². The standard InChI is InChI=1S/C20H32N2O.C2H6/c1-13(2)20(14(3)4)17-11-9-10-12-18(17)21(15(5)6)19(23)22(20)16(7)8;1-2/h9-16H,1-8H3;1-2H3. The number of hydrogen-bond donors (Lipinski definition) is 0. The maximum absolute atomic E-state index is 13.4. The first-order chi connectivity index (χ1) is 11.7. The van der Waals surface area contributed by atoms with Gasteiger partial charge in [-0.05, 0) is 45.6 Å². The summed E-state index contributed by atoms with van der Waals surface area (Å²) in [5.74, 6) is 0.675. The summed E-state index contributed by atoms with van der Waals surface area (Å²) in [7, 11) is 0. The highest BCUT2D eigenvalue weighted by atomic mass is 16.2. The zero-order valence-corrected chi connectivity index (χ0v) is 17.9. The van der Waals surface area contributed by atoms with Gasteiger partial charge in [0.05, 0.1) is 11.2 Å². The Labute approximate surface area is 155 Å². The minimum absolute atomic E-state index is 0.135. The lowest BCUT2D eigenvalue weighted by Gasteiger charge is -2.58. The number of amides is 2. The van der Waals surface area contributed by atoms with Crippen molar-refractivity contribution in [3.8, 4) is 0 Å². The molecular formula is C22H38N2O. The molecule has 0 radical (unpaired) electrons. The lowest BCUT2D eigenvalue weighted by Crippen LogP contribution is -2.66. The second-order valence-electron chi connectivity index (χ2n) is 7.86. The third kappa shape index (κ3) is 3.30. The second kappa shape index (κ2) is 8.25. The van der Waals surface area contributed by atoms with E-state index in [1.54, 1.807) is 0 Å². The van der Waals surface area contributed by atoms with Crippen LogP contribution in [0.15, 0.2) is 24.3 Å². The third-order valence-electron chi connectivity index (χ3n) is 5.20. The number of carbonyl (C=O) groups is 1. The molecule has 142 valence electrons. The molecule has 1 aromatic rings. The highest BCUT2D eigenvalue weighted by Crippen LogP contribution is 2.51. The van der Waals surface area contributed by atoms with E-state index in [1.165, 1.54) is 5.56 Å². The Balaban J connectivity index is 0.00000151. The second-order valence-corrected chi connectivity index (χ2v) is 7.86. The molecule has 0 unspecified atom stereocenters. The van der Waals surface area contributed by atoms with Crippen LogP contribution in [0.2, 0.25) is 0 Å². The number of anilines is 1. The van der Waals surface area contributed by atoms with Crippen LogP contribution < -0.4 is 4.90 Å². The third-order valence-corrected chi connectivity index (χ3v) is 5.20. The van der Waals surface area contributed by atoms with Crippen molar-refractivity contribution in [2.75, 3.05) is 4.90 Å². The van der Waals surface area contributed by atoms with Crippen LogP contribution in [0.5, 0.6) is 0 Å². The Morgan fingerprint density at radius 3 is 1.68 bits per heavy atom. The molecule has 3 heteroatoms. The number of fused-ring (bicyclic) bond motifs is 1. The van der Waals surface area contributed by atoms with Crippen LogP contribution in [0.4, 0.5) is 10.5 Å². The monoisotopic (exact) mass is 346 g/mol.